The minimum atomic E-state index is -4.41. The van der Waals surface area contributed by atoms with Crippen molar-refractivity contribution in [1.29, 1.82) is 0 Å². The zero-order chi connectivity index (χ0) is 15.7. The predicted molar refractivity (Wildman–Crippen MR) is 72.3 cm³/mol. The number of ether oxygens (including phenoxy) is 1. The standard InChI is InChI=1S/C13H18F3N3O2/c1-2-3-4-7-17-12(20)19-10-5-6-11(18-8-10)21-9-13(14,15)16/h5-6,8H,2-4,7,9H2,1H3,(H2,17,19,20). The lowest BCUT2D eigenvalue weighted by molar-refractivity contribution is -0.154. The van der Waals surface area contributed by atoms with Crippen LogP contribution in [-0.2, 0) is 0 Å². The van der Waals surface area contributed by atoms with Gasteiger partial charge in [-0.25, -0.2) is 9.78 Å². The number of unbranched alkanes of at least 4 members (excludes halogenated alkanes) is 2. The van der Waals surface area contributed by atoms with E-state index >= 15 is 0 Å². The molecule has 21 heavy (non-hydrogen) atoms. The molecule has 0 aromatic carbocycles. The number of carbonyl (C=O) groups is 1. The maximum Gasteiger partial charge on any atom is 0.422 e. The molecule has 0 saturated carbocycles. The first-order valence-corrected chi connectivity index (χ1v) is 6.61. The molecule has 1 aromatic heterocycles. The number of nitrogens with one attached hydrogen (secondary N) is 2. The second-order valence-electron chi connectivity index (χ2n) is 4.38. The molecule has 2 amide bonds. The summed E-state index contributed by atoms with van der Waals surface area (Å²) in [5.41, 5.74) is 0.377. The number of alkyl halides is 3. The van der Waals surface area contributed by atoms with E-state index in [-0.39, 0.29) is 11.9 Å². The summed E-state index contributed by atoms with van der Waals surface area (Å²) in [5, 5.41) is 5.20. The third-order valence-corrected chi connectivity index (χ3v) is 2.44. The lowest BCUT2D eigenvalue weighted by Gasteiger charge is -2.09. The molecule has 0 spiro atoms. The van der Waals surface area contributed by atoms with Crippen LogP contribution in [0.25, 0.3) is 0 Å². The molecule has 2 N–H and O–H groups in total. The third-order valence-electron chi connectivity index (χ3n) is 2.44. The summed E-state index contributed by atoms with van der Waals surface area (Å²) in [6.07, 6.45) is -0.180. The van der Waals surface area contributed by atoms with Gasteiger partial charge < -0.3 is 15.4 Å². The maximum atomic E-state index is 11.9. The van der Waals surface area contributed by atoms with E-state index in [9.17, 15) is 18.0 Å². The number of rotatable bonds is 7. The molecule has 1 heterocycles. The van der Waals surface area contributed by atoms with Crippen LogP contribution in [0.5, 0.6) is 5.88 Å². The summed E-state index contributed by atoms with van der Waals surface area (Å²) >= 11 is 0. The van der Waals surface area contributed by atoms with Crippen LogP contribution in [-0.4, -0.2) is 30.3 Å². The van der Waals surface area contributed by atoms with Crippen molar-refractivity contribution >= 4 is 11.7 Å². The van der Waals surface area contributed by atoms with E-state index < -0.39 is 12.8 Å². The Morgan fingerprint density at radius 3 is 2.67 bits per heavy atom. The van der Waals surface area contributed by atoms with Gasteiger partial charge in [-0.15, -0.1) is 0 Å². The van der Waals surface area contributed by atoms with Crippen molar-refractivity contribution in [2.75, 3.05) is 18.5 Å². The SMILES string of the molecule is CCCCCNC(=O)Nc1ccc(OCC(F)(F)F)nc1. The van der Waals surface area contributed by atoms with Crippen LogP contribution in [0.3, 0.4) is 0 Å². The monoisotopic (exact) mass is 305 g/mol. The Hall–Kier alpha value is -1.99. The van der Waals surface area contributed by atoms with Gasteiger partial charge in [-0.1, -0.05) is 19.8 Å². The summed E-state index contributed by atoms with van der Waals surface area (Å²) < 4.78 is 40.3. The van der Waals surface area contributed by atoms with E-state index in [0.717, 1.165) is 19.3 Å². The molecule has 1 rings (SSSR count). The van der Waals surface area contributed by atoms with Gasteiger partial charge in [0.15, 0.2) is 6.61 Å². The molecule has 0 fully saturated rings. The number of halogens is 3. The van der Waals surface area contributed by atoms with E-state index in [1.54, 1.807) is 0 Å². The summed E-state index contributed by atoms with van der Waals surface area (Å²) in [5.74, 6) is -0.152. The number of carbonyl (C=O) groups excluding carboxylic acids is 1. The zero-order valence-electron chi connectivity index (χ0n) is 11.7. The Morgan fingerprint density at radius 2 is 2.10 bits per heavy atom. The molecule has 0 atom stereocenters. The summed E-state index contributed by atoms with van der Waals surface area (Å²) in [6, 6.07) is 2.31. The van der Waals surface area contributed by atoms with Crippen molar-refractivity contribution in [2.45, 2.75) is 32.4 Å². The summed E-state index contributed by atoms with van der Waals surface area (Å²) in [4.78, 5) is 15.2. The average Bonchev–Trinajstić information content (AvgIpc) is 2.42. The summed E-state index contributed by atoms with van der Waals surface area (Å²) in [7, 11) is 0. The predicted octanol–water partition coefficient (Wildman–Crippen LogP) is 3.33. The lowest BCUT2D eigenvalue weighted by Crippen LogP contribution is -2.29. The highest BCUT2D eigenvalue weighted by molar-refractivity contribution is 5.88. The smallest absolute Gasteiger partial charge is 0.422 e. The fourth-order valence-electron chi connectivity index (χ4n) is 1.45. The number of hydrogen-bond donors (Lipinski definition) is 2. The Balaban J connectivity index is 2.35. The average molecular weight is 305 g/mol. The summed E-state index contributed by atoms with van der Waals surface area (Å²) in [6.45, 7) is 1.23. The fraction of sp³-hybridized carbons (Fsp3) is 0.538. The molecule has 0 aliphatic heterocycles. The molecule has 0 aliphatic carbocycles. The van der Waals surface area contributed by atoms with Gasteiger partial charge in [0.05, 0.1) is 11.9 Å². The van der Waals surface area contributed by atoms with Crippen LogP contribution in [0.1, 0.15) is 26.2 Å². The first-order chi connectivity index (χ1) is 9.90. The molecule has 0 bridgehead atoms. The second kappa shape index (κ2) is 8.33. The van der Waals surface area contributed by atoms with Crippen LogP contribution in [0.2, 0.25) is 0 Å². The molecule has 8 heteroatoms. The molecule has 0 saturated heterocycles. The van der Waals surface area contributed by atoms with Gasteiger partial charge in [0.2, 0.25) is 5.88 Å². The number of hydrogen-bond acceptors (Lipinski definition) is 3. The van der Waals surface area contributed by atoms with Crippen molar-refractivity contribution in [3.05, 3.63) is 18.3 Å². The van der Waals surface area contributed by atoms with Crippen molar-refractivity contribution in [2.24, 2.45) is 0 Å². The van der Waals surface area contributed by atoms with Gasteiger partial charge in [0, 0.05) is 12.6 Å². The van der Waals surface area contributed by atoms with Gasteiger partial charge in [0.25, 0.3) is 0 Å². The number of urea groups is 1. The Labute approximate surface area is 120 Å². The number of pyridine rings is 1. The van der Waals surface area contributed by atoms with Crippen molar-refractivity contribution in [3.63, 3.8) is 0 Å². The highest BCUT2D eigenvalue weighted by Gasteiger charge is 2.28. The third kappa shape index (κ3) is 8.01. The van der Waals surface area contributed by atoms with E-state index in [4.69, 9.17) is 0 Å². The van der Waals surface area contributed by atoms with E-state index in [1.165, 1.54) is 18.3 Å². The first kappa shape index (κ1) is 17.1. The quantitative estimate of drug-likeness (QED) is 0.759. The molecular formula is C13H18F3N3O2. The molecule has 5 nitrogen and oxygen atoms in total. The van der Waals surface area contributed by atoms with Crippen LogP contribution in [0.4, 0.5) is 23.7 Å². The Morgan fingerprint density at radius 1 is 1.33 bits per heavy atom. The van der Waals surface area contributed by atoms with Gasteiger partial charge in [0.1, 0.15) is 0 Å². The minimum absolute atomic E-state index is 0.152. The maximum absolute atomic E-state index is 11.9. The number of aromatic nitrogens is 1. The van der Waals surface area contributed by atoms with E-state index in [1.807, 2.05) is 0 Å². The van der Waals surface area contributed by atoms with Crippen molar-refractivity contribution < 1.29 is 22.7 Å². The lowest BCUT2D eigenvalue weighted by atomic mass is 10.2. The van der Waals surface area contributed by atoms with Gasteiger partial charge in [-0.3, -0.25) is 0 Å². The molecule has 0 aliphatic rings. The first-order valence-electron chi connectivity index (χ1n) is 6.61. The van der Waals surface area contributed by atoms with Gasteiger partial charge in [-0.05, 0) is 12.5 Å². The molecule has 118 valence electrons. The Kier molecular flexibility index (Phi) is 6.77. The minimum Gasteiger partial charge on any atom is -0.468 e. The van der Waals surface area contributed by atoms with E-state index in [0.29, 0.717) is 12.2 Å². The van der Waals surface area contributed by atoms with Gasteiger partial charge >= 0.3 is 12.2 Å². The highest BCUT2D eigenvalue weighted by Crippen LogP contribution is 2.17. The molecular weight excluding hydrogens is 287 g/mol. The van der Waals surface area contributed by atoms with E-state index in [2.05, 4.69) is 27.3 Å². The normalized spacial score (nSPS) is 11.0. The molecule has 0 radical (unpaired) electrons. The fourth-order valence-corrected chi connectivity index (χ4v) is 1.45. The van der Waals surface area contributed by atoms with Crippen LogP contribution < -0.4 is 15.4 Å². The number of amides is 2. The van der Waals surface area contributed by atoms with Crippen LogP contribution in [0.15, 0.2) is 18.3 Å². The Bertz CT molecular complexity index is 435. The molecule has 1 aromatic rings. The van der Waals surface area contributed by atoms with Crippen LogP contribution in [0, 0.1) is 0 Å². The molecule has 0 unspecified atom stereocenters. The number of anilines is 1. The van der Waals surface area contributed by atoms with Crippen LogP contribution >= 0.6 is 0 Å². The largest absolute Gasteiger partial charge is 0.468 e. The van der Waals surface area contributed by atoms with Gasteiger partial charge in [-0.2, -0.15) is 13.2 Å². The second-order valence-corrected chi connectivity index (χ2v) is 4.38. The van der Waals surface area contributed by atoms with Crippen molar-refractivity contribution in [1.82, 2.24) is 10.3 Å². The topological polar surface area (TPSA) is 63.2 Å². The zero-order valence-corrected chi connectivity index (χ0v) is 11.7. The highest BCUT2D eigenvalue weighted by atomic mass is 19.4. The number of nitrogens with zero attached hydrogens (tertiary/aromatic N) is 1. The van der Waals surface area contributed by atoms with Crippen molar-refractivity contribution in [3.8, 4) is 5.88 Å².